The number of para-hydroxylation sites is 2. The SMILES string of the molecule is Cc1ncn(-c2cc(Oc3ccc(NC(=O)c4ccccc4Oc4ccccc4)cc3)ncn2)c1C. The van der Waals surface area contributed by atoms with E-state index >= 15 is 0 Å². The van der Waals surface area contributed by atoms with Crippen molar-refractivity contribution in [2.24, 2.45) is 0 Å². The topological polar surface area (TPSA) is 91.2 Å². The smallest absolute Gasteiger partial charge is 0.259 e. The molecular weight excluding hydrogens is 454 g/mol. The van der Waals surface area contributed by atoms with Gasteiger partial charge in [-0.2, -0.15) is 0 Å². The quantitative estimate of drug-likeness (QED) is 0.304. The van der Waals surface area contributed by atoms with Gasteiger partial charge in [-0.3, -0.25) is 9.36 Å². The molecule has 0 saturated carbocycles. The van der Waals surface area contributed by atoms with Crippen molar-refractivity contribution in [1.82, 2.24) is 19.5 Å². The van der Waals surface area contributed by atoms with Gasteiger partial charge in [0.1, 0.15) is 35.7 Å². The maximum Gasteiger partial charge on any atom is 0.259 e. The van der Waals surface area contributed by atoms with Gasteiger partial charge >= 0.3 is 0 Å². The molecule has 36 heavy (non-hydrogen) atoms. The van der Waals surface area contributed by atoms with Crippen molar-refractivity contribution in [1.29, 1.82) is 0 Å². The third-order valence-electron chi connectivity index (χ3n) is 5.56. The zero-order valence-electron chi connectivity index (χ0n) is 19.8. The maximum atomic E-state index is 13.0. The van der Waals surface area contributed by atoms with Gasteiger partial charge in [0.25, 0.3) is 5.91 Å². The molecule has 2 aromatic heterocycles. The van der Waals surface area contributed by atoms with Crippen LogP contribution in [-0.4, -0.2) is 25.4 Å². The summed E-state index contributed by atoms with van der Waals surface area (Å²) in [6, 6.07) is 25.2. The van der Waals surface area contributed by atoms with E-state index in [2.05, 4.69) is 20.3 Å². The molecular formula is C28H23N5O3. The molecule has 1 N–H and O–H groups in total. The predicted molar refractivity (Wildman–Crippen MR) is 136 cm³/mol. The van der Waals surface area contributed by atoms with Crippen LogP contribution in [0.1, 0.15) is 21.7 Å². The normalized spacial score (nSPS) is 10.6. The van der Waals surface area contributed by atoms with Gasteiger partial charge in [-0.05, 0) is 62.4 Å². The zero-order chi connectivity index (χ0) is 24.9. The highest BCUT2D eigenvalue weighted by Gasteiger charge is 2.14. The minimum atomic E-state index is -0.276. The van der Waals surface area contributed by atoms with Crippen LogP contribution in [0.2, 0.25) is 0 Å². The molecule has 178 valence electrons. The molecule has 8 nitrogen and oxygen atoms in total. The first-order valence-corrected chi connectivity index (χ1v) is 11.3. The van der Waals surface area contributed by atoms with E-state index in [1.54, 1.807) is 54.9 Å². The van der Waals surface area contributed by atoms with Crippen LogP contribution in [0.4, 0.5) is 5.69 Å². The van der Waals surface area contributed by atoms with E-state index in [4.69, 9.17) is 9.47 Å². The van der Waals surface area contributed by atoms with Crippen LogP contribution in [0, 0.1) is 13.8 Å². The number of aromatic nitrogens is 4. The Morgan fingerprint density at radius 2 is 1.53 bits per heavy atom. The Kier molecular flexibility index (Phi) is 6.40. The molecule has 0 saturated heterocycles. The highest BCUT2D eigenvalue weighted by atomic mass is 16.5. The second-order valence-electron chi connectivity index (χ2n) is 7.99. The molecule has 2 heterocycles. The number of benzene rings is 3. The highest BCUT2D eigenvalue weighted by Crippen LogP contribution is 2.27. The van der Waals surface area contributed by atoms with Crippen molar-refractivity contribution in [2.75, 3.05) is 5.32 Å². The molecule has 0 fully saturated rings. The molecule has 0 aliphatic heterocycles. The van der Waals surface area contributed by atoms with Gasteiger partial charge in [-0.15, -0.1) is 0 Å². The van der Waals surface area contributed by atoms with Gasteiger partial charge in [-0.25, -0.2) is 15.0 Å². The fourth-order valence-electron chi connectivity index (χ4n) is 3.53. The lowest BCUT2D eigenvalue weighted by atomic mass is 10.1. The van der Waals surface area contributed by atoms with Gasteiger partial charge in [0, 0.05) is 17.4 Å². The molecule has 3 aromatic carbocycles. The van der Waals surface area contributed by atoms with Crippen molar-refractivity contribution < 1.29 is 14.3 Å². The molecule has 0 unspecified atom stereocenters. The summed E-state index contributed by atoms with van der Waals surface area (Å²) in [5.41, 5.74) is 2.98. The minimum Gasteiger partial charge on any atom is -0.457 e. The Hall–Kier alpha value is -4.98. The van der Waals surface area contributed by atoms with Crippen LogP contribution in [0.25, 0.3) is 5.82 Å². The lowest BCUT2D eigenvalue weighted by molar-refractivity contribution is 0.102. The Morgan fingerprint density at radius 1 is 0.806 bits per heavy atom. The Bertz CT molecular complexity index is 1500. The molecule has 8 heteroatoms. The number of ether oxygens (including phenoxy) is 2. The third kappa shape index (κ3) is 5.07. The molecule has 0 radical (unpaired) electrons. The van der Waals surface area contributed by atoms with E-state index in [0.717, 1.165) is 11.4 Å². The van der Waals surface area contributed by atoms with Crippen LogP contribution >= 0.6 is 0 Å². The fraction of sp³-hybridized carbons (Fsp3) is 0.0714. The lowest BCUT2D eigenvalue weighted by Gasteiger charge is -2.12. The Balaban J connectivity index is 1.27. The Labute approximate surface area is 208 Å². The average Bonchev–Trinajstić information content (AvgIpc) is 3.24. The summed E-state index contributed by atoms with van der Waals surface area (Å²) in [7, 11) is 0. The number of rotatable bonds is 7. The van der Waals surface area contributed by atoms with Crippen molar-refractivity contribution >= 4 is 11.6 Å². The third-order valence-corrected chi connectivity index (χ3v) is 5.56. The van der Waals surface area contributed by atoms with Gasteiger partial charge in [0.2, 0.25) is 5.88 Å². The number of hydrogen-bond donors (Lipinski definition) is 1. The molecule has 0 aliphatic carbocycles. The van der Waals surface area contributed by atoms with Crippen LogP contribution in [0.15, 0.2) is 97.6 Å². The first-order valence-electron chi connectivity index (χ1n) is 11.3. The second kappa shape index (κ2) is 10.1. The average molecular weight is 478 g/mol. The summed E-state index contributed by atoms with van der Waals surface area (Å²) in [6.07, 6.45) is 3.17. The second-order valence-corrected chi connectivity index (χ2v) is 7.99. The molecule has 1 amide bonds. The van der Waals surface area contributed by atoms with E-state index in [1.165, 1.54) is 6.33 Å². The summed E-state index contributed by atoms with van der Waals surface area (Å²) in [5.74, 6) is 2.49. The fourth-order valence-corrected chi connectivity index (χ4v) is 3.53. The first kappa shape index (κ1) is 22.8. The van der Waals surface area contributed by atoms with Crippen LogP contribution < -0.4 is 14.8 Å². The molecule has 0 atom stereocenters. The highest BCUT2D eigenvalue weighted by molar-refractivity contribution is 6.06. The minimum absolute atomic E-state index is 0.276. The van der Waals surface area contributed by atoms with E-state index in [0.29, 0.717) is 40.2 Å². The van der Waals surface area contributed by atoms with E-state index in [1.807, 2.05) is 54.8 Å². The zero-order valence-corrected chi connectivity index (χ0v) is 19.8. The van der Waals surface area contributed by atoms with E-state index in [9.17, 15) is 4.79 Å². The first-order chi connectivity index (χ1) is 17.6. The number of nitrogens with zero attached hydrogens (tertiary/aromatic N) is 4. The van der Waals surface area contributed by atoms with Crippen molar-refractivity contribution in [2.45, 2.75) is 13.8 Å². The van der Waals surface area contributed by atoms with Gasteiger partial charge in [-0.1, -0.05) is 30.3 Å². The molecule has 0 spiro atoms. The van der Waals surface area contributed by atoms with Crippen LogP contribution in [0.3, 0.4) is 0 Å². The maximum absolute atomic E-state index is 13.0. The number of amides is 1. The molecule has 0 bridgehead atoms. The van der Waals surface area contributed by atoms with Crippen LogP contribution in [-0.2, 0) is 0 Å². The Morgan fingerprint density at radius 3 is 2.28 bits per heavy atom. The number of nitrogens with one attached hydrogen (secondary N) is 1. The van der Waals surface area contributed by atoms with Gasteiger partial charge in [0.15, 0.2) is 0 Å². The summed E-state index contributed by atoms with van der Waals surface area (Å²) in [5, 5.41) is 2.90. The number of aryl methyl sites for hydroxylation is 1. The van der Waals surface area contributed by atoms with Crippen LogP contribution in [0.5, 0.6) is 23.1 Å². The lowest BCUT2D eigenvalue weighted by Crippen LogP contribution is -2.12. The number of hydrogen-bond acceptors (Lipinski definition) is 6. The number of carbonyl (C=O) groups is 1. The van der Waals surface area contributed by atoms with Gasteiger partial charge < -0.3 is 14.8 Å². The van der Waals surface area contributed by atoms with E-state index < -0.39 is 0 Å². The molecule has 5 aromatic rings. The number of anilines is 1. The summed E-state index contributed by atoms with van der Waals surface area (Å²) in [6.45, 7) is 3.92. The molecule has 0 aliphatic rings. The van der Waals surface area contributed by atoms with Gasteiger partial charge in [0.05, 0.1) is 11.3 Å². The summed E-state index contributed by atoms with van der Waals surface area (Å²) < 4.78 is 13.7. The van der Waals surface area contributed by atoms with Crippen molar-refractivity contribution in [3.05, 3.63) is 115 Å². The summed E-state index contributed by atoms with van der Waals surface area (Å²) >= 11 is 0. The number of carbonyl (C=O) groups excluding carboxylic acids is 1. The summed E-state index contributed by atoms with van der Waals surface area (Å²) in [4.78, 5) is 25.8. The predicted octanol–water partition coefficient (Wildman–Crippen LogP) is 6.12. The largest absolute Gasteiger partial charge is 0.457 e. The van der Waals surface area contributed by atoms with Crippen molar-refractivity contribution in [3.8, 4) is 28.9 Å². The van der Waals surface area contributed by atoms with E-state index in [-0.39, 0.29) is 5.91 Å². The monoisotopic (exact) mass is 477 g/mol. The number of imidazole rings is 1. The standard InChI is InChI=1S/C28H23N5O3/c1-19-20(2)33(18-31-19)26-16-27(30-17-29-26)36-23-14-12-21(13-15-23)32-28(34)24-10-6-7-11-25(24)35-22-8-4-3-5-9-22/h3-18H,1-2H3,(H,32,34). The van der Waals surface area contributed by atoms with Crippen molar-refractivity contribution in [3.63, 3.8) is 0 Å². The molecule has 5 rings (SSSR count).